The van der Waals surface area contributed by atoms with Crippen LogP contribution < -0.4 is 10.2 Å². The molecule has 1 amide bonds. The fourth-order valence-corrected chi connectivity index (χ4v) is 4.61. The summed E-state index contributed by atoms with van der Waals surface area (Å²) in [5, 5.41) is 4.08. The Hall–Kier alpha value is -1.99. The fourth-order valence-electron chi connectivity index (χ4n) is 3.21. The van der Waals surface area contributed by atoms with Crippen LogP contribution in [0.3, 0.4) is 0 Å². The number of hydrogen-bond acceptors (Lipinski definition) is 5. The van der Waals surface area contributed by atoms with Crippen molar-refractivity contribution >= 4 is 48.7 Å². The molecule has 0 radical (unpaired) electrons. The number of benzene rings is 1. The van der Waals surface area contributed by atoms with E-state index in [1.807, 2.05) is 36.4 Å². The van der Waals surface area contributed by atoms with Gasteiger partial charge in [0.1, 0.15) is 10.3 Å². The summed E-state index contributed by atoms with van der Waals surface area (Å²) < 4.78 is 1.03. The quantitative estimate of drug-likeness (QED) is 0.679. The maximum absolute atomic E-state index is 12.5. The number of carbonyl (C=O) groups is 1. The second kappa shape index (κ2) is 7.72. The lowest BCUT2D eigenvalue weighted by atomic mass is 9.96. The Kier molecular flexibility index (Phi) is 5.17. The van der Waals surface area contributed by atoms with Crippen LogP contribution in [0.25, 0.3) is 10.3 Å². The second-order valence-corrected chi connectivity index (χ2v) is 8.30. The van der Waals surface area contributed by atoms with Crippen molar-refractivity contribution in [3.8, 4) is 0 Å². The first-order valence-electron chi connectivity index (χ1n) is 8.68. The zero-order valence-corrected chi connectivity index (χ0v) is 16.6. The number of pyridine rings is 1. The van der Waals surface area contributed by atoms with Gasteiger partial charge in [-0.1, -0.05) is 39.4 Å². The molecular weight excluding hydrogens is 412 g/mol. The van der Waals surface area contributed by atoms with Crippen molar-refractivity contribution in [1.29, 1.82) is 0 Å². The van der Waals surface area contributed by atoms with Gasteiger partial charge in [0.2, 0.25) is 5.91 Å². The van der Waals surface area contributed by atoms with E-state index in [4.69, 9.17) is 0 Å². The smallest absolute Gasteiger partial charge is 0.223 e. The van der Waals surface area contributed by atoms with Gasteiger partial charge in [0.15, 0.2) is 5.13 Å². The molecule has 7 heteroatoms. The van der Waals surface area contributed by atoms with Crippen LogP contribution in [-0.2, 0) is 11.3 Å². The molecule has 3 aromatic rings. The van der Waals surface area contributed by atoms with Crippen LogP contribution in [0.5, 0.6) is 0 Å². The van der Waals surface area contributed by atoms with Crippen molar-refractivity contribution in [2.45, 2.75) is 19.4 Å². The molecule has 0 atom stereocenters. The van der Waals surface area contributed by atoms with Gasteiger partial charge in [-0.3, -0.25) is 4.79 Å². The van der Waals surface area contributed by atoms with Crippen LogP contribution in [0.1, 0.15) is 18.4 Å². The SMILES string of the molecule is O=C(NCc1cccc(Br)c1)C1CCN(c2nc3cccnc3s2)CC1. The van der Waals surface area contributed by atoms with E-state index in [9.17, 15) is 4.79 Å². The van der Waals surface area contributed by atoms with Gasteiger partial charge in [-0.25, -0.2) is 9.97 Å². The van der Waals surface area contributed by atoms with Gasteiger partial charge in [0, 0.05) is 36.2 Å². The van der Waals surface area contributed by atoms with Crippen molar-refractivity contribution in [1.82, 2.24) is 15.3 Å². The van der Waals surface area contributed by atoms with E-state index in [1.54, 1.807) is 17.5 Å². The number of carbonyl (C=O) groups excluding carboxylic acids is 1. The largest absolute Gasteiger partial charge is 0.352 e. The van der Waals surface area contributed by atoms with Crippen molar-refractivity contribution in [3.05, 3.63) is 52.6 Å². The number of aromatic nitrogens is 2. The van der Waals surface area contributed by atoms with E-state index in [0.717, 1.165) is 51.4 Å². The Morgan fingerprint density at radius 1 is 1.27 bits per heavy atom. The molecule has 0 spiro atoms. The zero-order valence-electron chi connectivity index (χ0n) is 14.2. The minimum atomic E-state index is 0.0749. The lowest BCUT2D eigenvalue weighted by Crippen LogP contribution is -2.40. The normalized spacial score (nSPS) is 15.3. The van der Waals surface area contributed by atoms with Crippen molar-refractivity contribution in [3.63, 3.8) is 0 Å². The number of thiazole rings is 1. The summed E-state index contributed by atoms with van der Waals surface area (Å²) >= 11 is 5.08. The highest BCUT2D eigenvalue weighted by atomic mass is 79.9. The molecule has 1 aromatic carbocycles. The Bertz CT molecular complexity index is 888. The van der Waals surface area contributed by atoms with E-state index in [2.05, 4.69) is 36.1 Å². The maximum Gasteiger partial charge on any atom is 0.223 e. The molecule has 134 valence electrons. The van der Waals surface area contributed by atoms with Gasteiger partial charge in [-0.2, -0.15) is 0 Å². The van der Waals surface area contributed by atoms with Crippen LogP contribution in [-0.4, -0.2) is 29.0 Å². The van der Waals surface area contributed by atoms with Crippen molar-refractivity contribution in [2.24, 2.45) is 5.92 Å². The molecule has 0 unspecified atom stereocenters. The van der Waals surface area contributed by atoms with Gasteiger partial charge in [0.05, 0.1) is 0 Å². The van der Waals surface area contributed by atoms with E-state index in [-0.39, 0.29) is 11.8 Å². The minimum Gasteiger partial charge on any atom is -0.352 e. The third-order valence-electron chi connectivity index (χ3n) is 4.65. The monoisotopic (exact) mass is 430 g/mol. The maximum atomic E-state index is 12.5. The van der Waals surface area contributed by atoms with Gasteiger partial charge in [-0.05, 0) is 42.7 Å². The number of hydrogen-bond donors (Lipinski definition) is 1. The molecule has 3 heterocycles. The summed E-state index contributed by atoms with van der Waals surface area (Å²) in [4.78, 5) is 24.7. The lowest BCUT2D eigenvalue weighted by Gasteiger charge is -2.31. The van der Waals surface area contributed by atoms with Crippen LogP contribution in [0, 0.1) is 5.92 Å². The highest BCUT2D eigenvalue weighted by molar-refractivity contribution is 9.10. The Morgan fingerprint density at radius 3 is 2.88 bits per heavy atom. The van der Waals surface area contributed by atoms with E-state index >= 15 is 0 Å². The molecule has 4 rings (SSSR count). The summed E-state index contributed by atoms with van der Waals surface area (Å²) in [5.74, 6) is 0.224. The first-order valence-corrected chi connectivity index (χ1v) is 10.3. The second-order valence-electron chi connectivity index (χ2n) is 6.43. The predicted octanol–water partition coefficient (Wildman–Crippen LogP) is 3.99. The number of halogens is 1. The number of piperidine rings is 1. The Balaban J connectivity index is 1.32. The molecule has 0 aliphatic carbocycles. The molecule has 1 aliphatic heterocycles. The molecule has 0 saturated carbocycles. The van der Waals surface area contributed by atoms with Crippen LogP contribution in [0.4, 0.5) is 5.13 Å². The summed E-state index contributed by atoms with van der Waals surface area (Å²) in [7, 11) is 0. The first-order chi connectivity index (χ1) is 12.7. The van der Waals surface area contributed by atoms with E-state index in [0.29, 0.717) is 6.54 Å². The predicted molar refractivity (Wildman–Crippen MR) is 108 cm³/mol. The number of anilines is 1. The van der Waals surface area contributed by atoms with Crippen LogP contribution in [0.2, 0.25) is 0 Å². The van der Waals surface area contributed by atoms with Gasteiger partial charge in [-0.15, -0.1) is 0 Å². The number of amides is 1. The fraction of sp³-hybridized carbons (Fsp3) is 0.316. The molecule has 2 aromatic heterocycles. The van der Waals surface area contributed by atoms with Crippen LogP contribution in [0.15, 0.2) is 47.1 Å². The third-order valence-corrected chi connectivity index (χ3v) is 6.18. The van der Waals surface area contributed by atoms with Crippen molar-refractivity contribution in [2.75, 3.05) is 18.0 Å². The van der Waals surface area contributed by atoms with Gasteiger partial charge < -0.3 is 10.2 Å². The minimum absolute atomic E-state index is 0.0749. The topological polar surface area (TPSA) is 58.1 Å². The highest BCUT2D eigenvalue weighted by Gasteiger charge is 2.26. The molecule has 5 nitrogen and oxygen atoms in total. The molecule has 1 saturated heterocycles. The molecule has 1 fully saturated rings. The van der Waals surface area contributed by atoms with E-state index in [1.165, 1.54) is 0 Å². The lowest BCUT2D eigenvalue weighted by molar-refractivity contribution is -0.125. The van der Waals surface area contributed by atoms with Gasteiger partial charge in [0.25, 0.3) is 0 Å². The Morgan fingerprint density at radius 2 is 2.12 bits per heavy atom. The number of fused-ring (bicyclic) bond motifs is 1. The molecule has 26 heavy (non-hydrogen) atoms. The van der Waals surface area contributed by atoms with Gasteiger partial charge >= 0.3 is 0 Å². The number of nitrogens with one attached hydrogen (secondary N) is 1. The average Bonchev–Trinajstić information content (AvgIpc) is 3.10. The van der Waals surface area contributed by atoms with Crippen molar-refractivity contribution < 1.29 is 4.79 Å². The summed E-state index contributed by atoms with van der Waals surface area (Å²) in [6.45, 7) is 2.28. The van der Waals surface area contributed by atoms with E-state index < -0.39 is 0 Å². The highest BCUT2D eigenvalue weighted by Crippen LogP contribution is 2.30. The summed E-state index contributed by atoms with van der Waals surface area (Å²) in [6.07, 6.45) is 3.51. The summed E-state index contributed by atoms with van der Waals surface area (Å²) in [6, 6.07) is 11.9. The molecule has 1 N–H and O–H groups in total. The molecule has 1 aliphatic rings. The zero-order chi connectivity index (χ0) is 17.9. The third kappa shape index (κ3) is 3.88. The molecular formula is C19H19BrN4OS. The number of rotatable bonds is 4. The Labute approximate surface area is 164 Å². The average molecular weight is 431 g/mol. The summed E-state index contributed by atoms with van der Waals surface area (Å²) in [5.41, 5.74) is 2.05. The first kappa shape index (κ1) is 17.4. The number of nitrogens with zero attached hydrogens (tertiary/aromatic N) is 3. The standard InChI is InChI=1S/C19H19BrN4OS/c20-15-4-1-3-13(11-15)12-22-17(25)14-6-9-24(10-7-14)19-23-16-5-2-8-21-18(16)26-19/h1-5,8,11,14H,6-7,9-10,12H2,(H,22,25). The molecule has 0 bridgehead atoms. The van der Waals surface area contributed by atoms with Crippen LogP contribution >= 0.6 is 27.3 Å².